The Morgan fingerprint density at radius 2 is 2.41 bits per heavy atom. The van der Waals surface area contributed by atoms with Crippen molar-refractivity contribution in [2.45, 2.75) is 32.9 Å². The van der Waals surface area contributed by atoms with Gasteiger partial charge in [-0.1, -0.05) is 24.2 Å². The third-order valence-electron chi connectivity index (χ3n) is 2.86. The van der Waals surface area contributed by atoms with Crippen LogP contribution in [0.1, 0.15) is 31.2 Å². The molecule has 0 aliphatic carbocycles. The first-order chi connectivity index (χ1) is 8.38. The molecule has 2 rings (SSSR count). The van der Waals surface area contributed by atoms with E-state index in [0.717, 1.165) is 57.0 Å². The number of hydrogen-bond donors (Lipinski definition) is 1. The van der Waals surface area contributed by atoms with E-state index in [9.17, 15) is 0 Å². The summed E-state index contributed by atoms with van der Waals surface area (Å²) >= 11 is 0. The molecule has 17 heavy (non-hydrogen) atoms. The Bertz CT molecular complexity index is 359. The first kappa shape index (κ1) is 12.3. The van der Waals surface area contributed by atoms with Crippen molar-refractivity contribution in [2.24, 2.45) is 0 Å². The van der Waals surface area contributed by atoms with E-state index in [2.05, 4.69) is 40.5 Å². The third-order valence-corrected chi connectivity index (χ3v) is 2.86. The topological polar surface area (TPSA) is 41.3 Å². The van der Waals surface area contributed by atoms with Crippen LogP contribution in [0.4, 0.5) is 0 Å². The second kappa shape index (κ2) is 6.57. The summed E-state index contributed by atoms with van der Waals surface area (Å²) in [5, 5.41) is 7.39. The third kappa shape index (κ3) is 3.98. The molecule has 2 heterocycles. The molecule has 1 aliphatic rings. The summed E-state index contributed by atoms with van der Waals surface area (Å²) in [6.07, 6.45) is 6.73. The molecule has 4 heteroatoms. The minimum atomic E-state index is 0.803. The van der Waals surface area contributed by atoms with Gasteiger partial charge in [-0.15, -0.1) is 0 Å². The minimum absolute atomic E-state index is 0.803. The molecule has 0 spiro atoms. The predicted octanol–water partition coefficient (Wildman–Crippen LogP) is 1.94. The van der Waals surface area contributed by atoms with Gasteiger partial charge in [-0.25, -0.2) is 0 Å². The molecule has 0 bridgehead atoms. The largest absolute Gasteiger partial charge is 0.360 e. The molecule has 1 aliphatic heterocycles. The number of aromatic nitrogens is 1. The highest BCUT2D eigenvalue weighted by Gasteiger charge is 2.10. The molecule has 1 aromatic heterocycles. The number of hydrogen-bond acceptors (Lipinski definition) is 4. The average Bonchev–Trinajstić information content (AvgIpc) is 2.79. The Morgan fingerprint density at radius 1 is 1.47 bits per heavy atom. The molecule has 0 fully saturated rings. The van der Waals surface area contributed by atoms with Crippen LogP contribution in [0.5, 0.6) is 0 Å². The second-order valence-corrected chi connectivity index (χ2v) is 4.46. The maximum Gasteiger partial charge on any atom is 0.151 e. The van der Waals surface area contributed by atoms with Gasteiger partial charge in [0.25, 0.3) is 0 Å². The molecule has 1 N–H and O–H groups in total. The van der Waals surface area contributed by atoms with E-state index >= 15 is 0 Å². The standard InChI is InChI=1S/C13H21N3O/c1-2-6-14-10-12-9-13(17-15-12)11-16-7-4-3-5-8-16/h3-4,9,14H,2,5-8,10-11H2,1H3. The summed E-state index contributed by atoms with van der Waals surface area (Å²) in [6, 6.07) is 2.06. The molecule has 0 amide bonds. The monoisotopic (exact) mass is 235 g/mol. The fourth-order valence-electron chi connectivity index (χ4n) is 1.96. The lowest BCUT2D eigenvalue weighted by Crippen LogP contribution is -2.26. The molecule has 94 valence electrons. The van der Waals surface area contributed by atoms with Crippen LogP contribution in [0, 0.1) is 0 Å². The quantitative estimate of drug-likeness (QED) is 0.604. The molecular formula is C13H21N3O. The molecule has 0 atom stereocenters. The molecule has 0 radical (unpaired) electrons. The number of rotatable bonds is 6. The zero-order chi connectivity index (χ0) is 11.9. The smallest absolute Gasteiger partial charge is 0.151 e. The van der Waals surface area contributed by atoms with Gasteiger partial charge in [-0.05, 0) is 19.4 Å². The van der Waals surface area contributed by atoms with Crippen LogP contribution < -0.4 is 5.32 Å². The lowest BCUT2D eigenvalue weighted by molar-refractivity contribution is 0.248. The Labute approximate surface area is 103 Å². The van der Waals surface area contributed by atoms with Crippen LogP contribution in [0.25, 0.3) is 0 Å². The van der Waals surface area contributed by atoms with E-state index in [1.165, 1.54) is 0 Å². The predicted molar refractivity (Wildman–Crippen MR) is 67.5 cm³/mol. The first-order valence-electron chi connectivity index (χ1n) is 6.41. The van der Waals surface area contributed by atoms with E-state index in [0.29, 0.717) is 0 Å². The van der Waals surface area contributed by atoms with Gasteiger partial charge < -0.3 is 9.84 Å². The Hall–Kier alpha value is -1.13. The maximum atomic E-state index is 5.34. The van der Waals surface area contributed by atoms with Crippen molar-refractivity contribution in [3.63, 3.8) is 0 Å². The van der Waals surface area contributed by atoms with Crippen molar-refractivity contribution in [1.82, 2.24) is 15.4 Å². The maximum absolute atomic E-state index is 5.34. The van der Waals surface area contributed by atoms with Gasteiger partial charge in [-0.2, -0.15) is 0 Å². The highest BCUT2D eigenvalue weighted by Crippen LogP contribution is 2.10. The number of nitrogens with one attached hydrogen (secondary N) is 1. The fourth-order valence-corrected chi connectivity index (χ4v) is 1.96. The molecule has 0 aromatic carbocycles. The van der Waals surface area contributed by atoms with Crippen molar-refractivity contribution < 1.29 is 4.52 Å². The van der Waals surface area contributed by atoms with Crippen LogP contribution in [-0.4, -0.2) is 29.7 Å². The van der Waals surface area contributed by atoms with Crippen molar-refractivity contribution >= 4 is 0 Å². The average molecular weight is 235 g/mol. The fraction of sp³-hybridized carbons (Fsp3) is 0.615. The highest BCUT2D eigenvalue weighted by molar-refractivity contribution is 5.06. The summed E-state index contributed by atoms with van der Waals surface area (Å²) in [5.74, 6) is 0.966. The SMILES string of the molecule is CCCNCc1cc(CN2CC=CCC2)on1. The molecule has 1 aromatic rings. The van der Waals surface area contributed by atoms with Crippen LogP contribution in [0.3, 0.4) is 0 Å². The minimum Gasteiger partial charge on any atom is -0.360 e. The Kier molecular flexibility index (Phi) is 4.76. The van der Waals surface area contributed by atoms with Crippen LogP contribution in [-0.2, 0) is 13.1 Å². The van der Waals surface area contributed by atoms with Crippen LogP contribution >= 0.6 is 0 Å². The van der Waals surface area contributed by atoms with E-state index in [-0.39, 0.29) is 0 Å². The van der Waals surface area contributed by atoms with Gasteiger partial charge in [0.1, 0.15) is 0 Å². The highest BCUT2D eigenvalue weighted by atomic mass is 16.5. The molecule has 0 unspecified atom stereocenters. The summed E-state index contributed by atoms with van der Waals surface area (Å²) in [6.45, 7) is 6.98. The van der Waals surface area contributed by atoms with Gasteiger partial charge in [0.15, 0.2) is 5.76 Å². The summed E-state index contributed by atoms with van der Waals surface area (Å²) in [4.78, 5) is 2.36. The first-order valence-corrected chi connectivity index (χ1v) is 6.41. The molecule has 0 saturated carbocycles. The zero-order valence-electron chi connectivity index (χ0n) is 10.5. The van der Waals surface area contributed by atoms with Crippen molar-refractivity contribution in [1.29, 1.82) is 0 Å². The zero-order valence-corrected chi connectivity index (χ0v) is 10.5. The van der Waals surface area contributed by atoms with Crippen LogP contribution in [0.15, 0.2) is 22.7 Å². The summed E-state index contributed by atoms with van der Waals surface area (Å²) in [7, 11) is 0. The van der Waals surface area contributed by atoms with Gasteiger partial charge in [0.2, 0.25) is 0 Å². The lowest BCUT2D eigenvalue weighted by Gasteiger charge is -2.20. The Morgan fingerprint density at radius 3 is 3.18 bits per heavy atom. The van der Waals surface area contributed by atoms with Crippen molar-refractivity contribution in [3.8, 4) is 0 Å². The summed E-state index contributed by atoms with van der Waals surface area (Å²) < 4.78 is 5.34. The van der Waals surface area contributed by atoms with Crippen molar-refractivity contribution in [2.75, 3.05) is 19.6 Å². The van der Waals surface area contributed by atoms with E-state index in [4.69, 9.17) is 4.52 Å². The normalized spacial score (nSPS) is 16.5. The van der Waals surface area contributed by atoms with Gasteiger partial charge in [-0.3, -0.25) is 4.90 Å². The van der Waals surface area contributed by atoms with Gasteiger partial charge >= 0.3 is 0 Å². The molecular weight excluding hydrogens is 214 g/mol. The van der Waals surface area contributed by atoms with E-state index < -0.39 is 0 Å². The van der Waals surface area contributed by atoms with E-state index in [1.54, 1.807) is 0 Å². The second-order valence-electron chi connectivity index (χ2n) is 4.46. The van der Waals surface area contributed by atoms with Crippen molar-refractivity contribution in [3.05, 3.63) is 29.7 Å². The summed E-state index contributed by atoms with van der Waals surface area (Å²) in [5.41, 5.74) is 1.00. The lowest BCUT2D eigenvalue weighted by atomic mass is 10.2. The van der Waals surface area contributed by atoms with Crippen LogP contribution in [0.2, 0.25) is 0 Å². The molecule has 0 saturated heterocycles. The van der Waals surface area contributed by atoms with Gasteiger partial charge in [0.05, 0.1) is 12.2 Å². The Balaban J connectivity index is 1.79. The van der Waals surface area contributed by atoms with Gasteiger partial charge in [0, 0.05) is 25.7 Å². The van der Waals surface area contributed by atoms with E-state index in [1.807, 2.05) is 0 Å². The molecule has 4 nitrogen and oxygen atoms in total. The number of nitrogens with zero attached hydrogens (tertiary/aromatic N) is 2.